The number of nitrogens with zero attached hydrogens (tertiary/aromatic N) is 1. The molecule has 2 rings (SSSR count). The topological polar surface area (TPSA) is 43.1 Å². The van der Waals surface area contributed by atoms with Gasteiger partial charge in [-0.2, -0.15) is 0 Å². The minimum atomic E-state index is 0.0166. The standard InChI is InChI=1S/C10H5BrClNO2/c11-7-3-1-6(2-4-7)9-8(5-14)10(12)15-13-9/h1-5H. The fourth-order valence-electron chi connectivity index (χ4n) is 1.20. The number of hydrogen-bond donors (Lipinski definition) is 0. The summed E-state index contributed by atoms with van der Waals surface area (Å²) in [5, 5.41) is 3.75. The van der Waals surface area contributed by atoms with Crippen molar-refractivity contribution in [1.29, 1.82) is 0 Å². The van der Waals surface area contributed by atoms with Gasteiger partial charge in [0.25, 0.3) is 0 Å². The maximum Gasteiger partial charge on any atom is 0.237 e. The fourth-order valence-corrected chi connectivity index (χ4v) is 1.63. The van der Waals surface area contributed by atoms with Gasteiger partial charge in [0.05, 0.1) is 0 Å². The molecule has 1 aromatic carbocycles. The number of aldehydes is 1. The Labute approximate surface area is 99.2 Å². The van der Waals surface area contributed by atoms with Gasteiger partial charge < -0.3 is 4.52 Å². The molecule has 2 aromatic rings. The van der Waals surface area contributed by atoms with Gasteiger partial charge in [-0.3, -0.25) is 4.79 Å². The second-order valence-corrected chi connectivity index (χ2v) is 4.10. The average molecular weight is 287 g/mol. The summed E-state index contributed by atoms with van der Waals surface area (Å²) >= 11 is 8.98. The zero-order valence-electron chi connectivity index (χ0n) is 7.41. The van der Waals surface area contributed by atoms with Gasteiger partial charge in [-0.1, -0.05) is 33.2 Å². The first-order chi connectivity index (χ1) is 7.22. The van der Waals surface area contributed by atoms with E-state index in [4.69, 9.17) is 16.1 Å². The van der Waals surface area contributed by atoms with Crippen LogP contribution in [0, 0.1) is 0 Å². The van der Waals surface area contributed by atoms with E-state index in [0.29, 0.717) is 12.0 Å². The molecule has 5 heteroatoms. The molecule has 0 N–H and O–H groups in total. The number of benzene rings is 1. The van der Waals surface area contributed by atoms with Gasteiger partial charge in [-0.25, -0.2) is 0 Å². The minimum absolute atomic E-state index is 0.0166. The number of hydrogen-bond acceptors (Lipinski definition) is 3. The summed E-state index contributed by atoms with van der Waals surface area (Å²) < 4.78 is 5.70. The molecule has 0 radical (unpaired) electrons. The van der Waals surface area contributed by atoms with Crippen LogP contribution in [0.5, 0.6) is 0 Å². The summed E-state index contributed by atoms with van der Waals surface area (Å²) in [7, 11) is 0. The molecule has 1 aromatic heterocycles. The lowest BCUT2D eigenvalue weighted by Gasteiger charge is -1.96. The van der Waals surface area contributed by atoms with Crippen molar-refractivity contribution in [3.63, 3.8) is 0 Å². The number of halogens is 2. The monoisotopic (exact) mass is 285 g/mol. The molecule has 0 bridgehead atoms. The zero-order chi connectivity index (χ0) is 10.8. The molecule has 0 amide bonds. The van der Waals surface area contributed by atoms with Crippen LogP contribution < -0.4 is 0 Å². The van der Waals surface area contributed by atoms with Crippen LogP contribution in [-0.4, -0.2) is 11.4 Å². The van der Waals surface area contributed by atoms with E-state index < -0.39 is 0 Å². The Balaban J connectivity index is 2.53. The van der Waals surface area contributed by atoms with Crippen molar-refractivity contribution >= 4 is 33.8 Å². The van der Waals surface area contributed by atoms with Gasteiger partial charge in [0, 0.05) is 10.0 Å². The van der Waals surface area contributed by atoms with E-state index in [-0.39, 0.29) is 10.8 Å². The molecule has 0 saturated heterocycles. The highest BCUT2D eigenvalue weighted by molar-refractivity contribution is 9.10. The highest BCUT2D eigenvalue weighted by atomic mass is 79.9. The molecule has 0 aliphatic rings. The van der Waals surface area contributed by atoms with Gasteiger partial charge in [-0.15, -0.1) is 0 Å². The predicted octanol–water partition coefficient (Wildman–Crippen LogP) is 3.57. The number of aromatic nitrogens is 1. The van der Waals surface area contributed by atoms with Crippen molar-refractivity contribution in [1.82, 2.24) is 5.16 Å². The van der Waals surface area contributed by atoms with E-state index in [0.717, 1.165) is 10.0 Å². The largest absolute Gasteiger partial charge is 0.343 e. The van der Waals surface area contributed by atoms with Crippen LogP contribution in [0.2, 0.25) is 5.22 Å². The zero-order valence-corrected chi connectivity index (χ0v) is 9.75. The van der Waals surface area contributed by atoms with E-state index >= 15 is 0 Å². The molecule has 76 valence electrons. The summed E-state index contributed by atoms with van der Waals surface area (Å²) in [6.07, 6.45) is 0.635. The molecule has 0 aliphatic carbocycles. The molecule has 15 heavy (non-hydrogen) atoms. The van der Waals surface area contributed by atoms with Gasteiger partial charge in [0.15, 0.2) is 6.29 Å². The fraction of sp³-hybridized carbons (Fsp3) is 0. The first-order valence-electron chi connectivity index (χ1n) is 4.08. The van der Waals surface area contributed by atoms with Crippen molar-refractivity contribution in [2.45, 2.75) is 0 Å². The minimum Gasteiger partial charge on any atom is -0.343 e. The van der Waals surface area contributed by atoms with Gasteiger partial charge in [-0.05, 0) is 23.7 Å². The first kappa shape index (κ1) is 10.4. The summed E-state index contributed by atoms with van der Waals surface area (Å²) in [5.74, 6) is 0. The molecule has 0 aliphatic heterocycles. The van der Waals surface area contributed by atoms with Crippen molar-refractivity contribution in [2.75, 3.05) is 0 Å². The molecule has 0 spiro atoms. The van der Waals surface area contributed by atoms with Crippen LogP contribution in [0.4, 0.5) is 0 Å². The smallest absolute Gasteiger partial charge is 0.237 e. The van der Waals surface area contributed by atoms with Crippen molar-refractivity contribution in [2.24, 2.45) is 0 Å². The molecular formula is C10H5BrClNO2. The van der Waals surface area contributed by atoms with Gasteiger partial charge in [0.2, 0.25) is 5.22 Å². The molecule has 0 saturated carbocycles. The summed E-state index contributed by atoms with van der Waals surface area (Å²) in [4.78, 5) is 10.8. The molecule has 0 fully saturated rings. The maximum atomic E-state index is 10.8. The van der Waals surface area contributed by atoms with Crippen LogP contribution in [0.3, 0.4) is 0 Å². The molecule has 0 unspecified atom stereocenters. The van der Waals surface area contributed by atoms with E-state index in [9.17, 15) is 4.79 Å². The summed E-state index contributed by atoms with van der Waals surface area (Å²) in [5.41, 5.74) is 1.53. The van der Waals surface area contributed by atoms with Crippen LogP contribution >= 0.6 is 27.5 Å². The Kier molecular flexibility index (Phi) is 2.88. The van der Waals surface area contributed by atoms with E-state index in [1.54, 1.807) is 0 Å². The van der Waals surface area contributed by atoms with Gasteiger partial charge >= 0.3 is 0 Å². The predicted molar refractivity (Wildman–Crippen MR) is 60.0 cm³/mol. The second-order valence-electron chi connectivity index (χ2n) is 2.84. The third-order valence-corrected chi connectivity index (χ3v) is 2.72. The normalized spacial score (nSPS) is 10.3. The summed E-state index contributed by atoms with van der Waals surface area (Å²) in [6, 6.07) is 7.36. The Bertz CT molecular complexity index is 493. The SMILES string of the molecule is O=Cc1c(-c2ccc(Br)cc2)noc1Cl. The third-order valence-electron chi connectivity index (χ3n) is 1.92. The number of carbonyl (C=O) groups excluding carboxylic acids is 1. The van der Waals surface area contributed by atoms with E-state index in [2.05, 4.69) is 21.1 Å². The Morgan fingerprint density at radius 2 is 2.00 bits per heavy atom. The quantitative estimate of drug-likeness (QED) is 0.793. The number of carbonyl (C=O) groups is 1. The Morgan fingerprint density at radius 1 is 1.33 bits per heavy atom. The van der Waals surface area contributed by atoms with Crippen LogP contribution in [0.15, 0.2) is 33.3 Å². The van der Waals surface area contributed by atoms with Gasteiger partial charge in [0.1, 0.15) is 11.3 Å². The lowest BCUT2D eigenvalue weighted by Crippen LogP contribution is -1.84. The van der Waals surface area contributed by atoms with Crippen molar-refractivity contribution in [3.8, 4) is 11.3 Å². The third kappa shape index (κ3) is 1.96. The highest BCUT2D eigenvalue weighted by Crippen LogP contribution is 2.27. The highest BCUT2D eigenvalue weighted by Gasteiger charge is 2.14. The van der Waals surface area contributed by atoms with Crippen LogP contribution in [-0.2, 0) is 0 Å². The van der Waals surface area contributed by atoms with Crippen LogP contribution in [0.25, 0.3) is 11.3 Å². The van der Waals surface area contributed by atoms with Crippen LogP contribution in [0.1, 0.15) is 10.4 Å². The lowest BCUT2D eigenvalue weighted by atomic mass is 10.1. The molecular weight excluding hydrogens is 281 g/mol. The molecule has 3 nitrogen and oxygen atoms in total. The Morgan fingerprint density at radius 3 is 2.60 bits per heavy atom. The molecule has 1 heterocycles. The summed E-state index contributed by atoms with van der Waals surface area (Å²) in [6.45, 7) is 0. The first-order valence-corrected chi connectivity index (χ1v) is 5.25. The average Bonchev–Trinajstić information content (AvgIpc) is 2.61. The molecule has 0 atom stereocenters. The number of rotatable bonds is 2. The van der Waals surface area contributed by atoms with E-state index in [1.165, 1.54) is 0 Å². The van der Waals surface area contributed by atoms with Crippen molar-refractivity contribution < 1.29 is 9.32 Å². The second kappa shape index (κ2) is 4.16. The van der Waals surface area contributed by atoms with E-state index in [1.807, 2.05) is 24.3 Å². The lowest BCUT2D eigenvalue weighted by molar-refractivity contribution is 0.112. The Hall–Kier alpha value is -1.13. The maximum absolute atomic E-state index is 10.8. The van der Waals surface area contributed by atoms with Crippen molar-refractivity contribution in [3.05, 3.63) is 39.5 Å².